The standard InChI is InChI=1S/C11H12N4O5/c12-9(16)5-14(6-10(13)17)11(18)7-2-1-3-8(4-7)15(19)20/h1-4H,5-6H2,(H2,12,16)(H2,13,17). The van der Waals surface area contributed by atoms with Crippen LogP contribution in [0.5, 0.6) is 0 Å². The second-order valence-electron chi connectivity index (χ2n) is 3.90. The minimum atomic E-state index is -0.829. The Morgan fingerprint density at radius 3 is 2.15 bits per heavy atom. The Kier molecular flexibility index (Phi) is 4.73. The number of benzene rings is 1. The van der Waals surface area contributed by atoms with Crippen LogP contribution in [0.25, 0.3) is 0 Å². The normalized spacial score (nSPS) is 9.80. The summed E-state index contributed by atoms with van der Waals surface area (Å²) < 4.78 is 0. The highest BCUT2D eigenvalue weighted by atomic mass is 16.6. The number of rotatable bonds is 6. The van der Waals surface area contributed by atoms with E-state index in [1.54, 1.807) is 0 Å². The molecule has 4 N–H and O–H groups in total. The van der Waals surface area contributed by atoms with Crippen molar-refractivity contribution < 1.29 is 19.3 Å². The Hall–Kier alpha value is -2.97. The molecule has 0 bridgehead atoms. The second kappa shape index (κ2) is 6.27. The number of hydrogen-bond acceptors (Lipinski definition) is 5. The molecular weight excluding hydrogens is 268 g/mol. The van der Waals surface area contributed by atoms with Crippen LogP contribution in [-0.4, -0.2) is 40.6 Å². The summed E-state index contributed by atoms with van der Waals surface area (Å²) in [6.45, 7) is -1.02. The van der Waals surface area contributed by atoms with Gasteiger partial charge in [0.2, 0.25) is 11.8 Å². The van der Waals surface area contributed by atoms with E-state index < -0.39 is 35.7 Å². The Labute approximate surface area is 113 Å². The molecule has 0 fully saturated rings. The van der Waals surface area contributed by atoms with Crippen molar-refractivity contribution in [2.75, 3.05) is 13.1 Å². The number of non-ortho nitro benzene ring substituents is 1. The number of primary amides is 2. The van der Waals surface area contributed by atoms with Gasteiger partial charge >= 0.3 is 0 Å². The van der Waals surface area contributed by atoms with Gasteiger partial charge in [-0.1, -0.05) is 6.07 Å². The molecule has 0 aliphatic rings. The van der Waals surface area contributed by atoms with E-state index in [0.29, 0.717) is 0 Å². The maximum Gasteiger partial charge on any atom is 0.270 e. The first-order valence-corrected chi connectivity index (χ1v) is 5.41. The van der Waals surface area contributed by atoms with Gasteiger partial charge < -0.3 is 16.4 Å². The van der Waals surface area contributed by atoms with Crippen LogP contribution < -0.4 is 11.5 Å². The summed E-state index contributed by atoms with van der Waals surface area (Å²) in [7, 11) is 0. The molecule has 0 atom stereocenters. The van der Waals surface area contributed by atoms with Gasteiger partial charge in [-0.05, 0) is 6.07 Å². The van der Waals surface area contributed by atoms with E-state index in [-0.39, 0.29) is 11.3 Å². The van der Waals surface area contributed by atoms with E-state index in [9.17, 15) is 24.5 Å². The van der Waals surface area contributed by atoms with Crippen LogP contribution in [-0.2, 0) is 9.59 Å². The number of amides is 3. The predicted molar refractivity (Wildman–Crippen MR) is 67.4 cm³/mol. The molecule has 1 rings (SSSR count). The van der Waals surface area contributed by atoms with Gasteiger partial charge in [0, 0.05) is 17.7 Å². The zero-order chi connectivity index (χ0) is 15.3. The number of nitro groups is 1. The van der Waals surface area contributed by atoms with Gasteiger partial charge in [0.1, 0.15) is 13.1 Å². The molecule has 0 saturated carbocycles. The van der Waals surface area contributed by atoms with Crippen LogP contribution in [0, 0.1) is 10.1 Å². The van der Waals surface area contributed by atoms with Gasteiger partial charge in [-0.3, -0.25) is 24.5 Å². The van der Waals surface area contributed by atoms with Crippen molar-refractivity contribution in [1.29, 1.82) is 0 Å². The fourth-order valence-corrected chi connectivity index (χ4v) is 1.51. The molecule has 9 nitrogen and oxygen atoms in total. The van der Waals surface area contributed by atoms with E-state index >= 15 is 0 Å². The number of carbonyl (C=O) groups is 3. The smallest absolute Gasteiger partial charge is 0.270 e. The van der Waals surface area contributed by atoms with Gasteiger partial charge in [0.15, 0.2) is 0 Å². The number of nitrogens with two attached hydrogens (primary N) is 2. The molecule has 0 spiro atoms. The molecule has 106 valence electrons. The minimum absolute atomic E-state index is 0.0401. The number of nitro benzene ring substituents is 1. The summed E-state index contributed by atoms with van der Waals surface area (Å²) in [5.74, 6) is -2.40. The molecule has 0 aliphatic heterocycles. The SMILES string of the molecule is NC(=O)CN(CC(N)=O)C(=O)c1cccc([N+](=O)[O-])c1. The third-order valence-electron chi connectivity index (χ3n) is 2.28. The topological polar surface area (TPSA) is 150 Å². The Morgan fingerprint density at radius 2 is 1.70 bits per heavy atom. The van der Waals surface area contributed by atoms with Crippen molar-refractivity contribution >= 4 is 23.4 Å². The lowest BCUT2D eigenvalue weighted by molar-refractivity contribution is -0.384. The Bertz CT molecular complexity index is 556. The molecule has 0 heterocycles. The highest BCUT2D eigenvalue weighted by Crippen LogP contribution is 2.14. The van der Waals surface area contributed by atoms with Crippen molar-refractivity contribution in [2.24, 2.45) is 11.5 Å². The van der Waals surface area contributed by atoms with Gasteiger partial charge in [-0.2, -0.15) is 0 Å². The fraction of sp³-hybridized carbons (Fsp3) is 0.182. The van der Waals surface area contributed by atoms with Gasteiger partial charge in [-0.25, -0.2) is 0 Å². The third-order valence-corrected chi connectivity index (χ3v) is 2.28. The number of hydrogen-bond donors (Lipinski definition) is 2. The molecule has 3 amide bonds. The van der Waals surface area contributed by atoms with E-state index in [1.165, 1.54) is 18.2 Å². The largest absolute Gasteiger partial charge is 0.368 e. The monoisotopic (exact) mass is 280 g/mol. The van der Waals surface area contributed by atoms with Crippen molar-refractivity contribution in [2.45, 2.75) is 0 Å². The average molecular weight is 280 g/mol. The maximum atomic E-state index is 12.1. The van der Waals surface area contributed by atoms with Crippen LogP contribution >= 0.6 is 0 Å². The van der Waals surface area contributed by atoms with E-state index in [1.807, 2.05) is 0 Å². The number of nitrogens with zero attached hydrogens (tertiary/aromatic N) is 2. The van der Waals surface area contributed by atoms with Gasteiger partial charge in [0.05, 0.1) is 4.92 Å². The summed E-state index contributed by atoms with van der Waals surface area (Å²) in [5, 5.41) is 10.6. The highest BCUT2D eigenvalue weighted by molar-refractivity contribution is 5.98. The minimum Gasteiger partial charge on any atom is -0.368 e. The molecule has 0 aliphatic carbocycles. The van der Waals surface area contributed by atoms with E-state index in [0.717, 1.165) is 11.0 Å². The van der Waals surface area contributed by atoms with E-state index in [2.05, 4.69) is 0 Å². The van der Waals surface area contributed by atoms with Crippen LogP contribution in [0.4, 0.5) is 5.69 Å². The zero-order valence-electron chi connectivity index (χ0n) is 10.3. The molecule has 1 aromatic rings. The molecule has 9 heteroatoms. The molecule has 20 heavy (non-hydrogen) atoms. The van der Waals surface area contributed by atoms with Gasteiger partial charge in [0.25, 0.3) is 11.6 Å². The van der Waals surface area contributed by atoms with Crippen LogP contribution in [0.3, 0.4) is 0 Å². The first-order chi connectivity index (χ1) is 9.31. The summed E-state index contributed by atoms with van der Waals surface area (Å²) in [5.41, 5.74) is 9.62. The molecule has 0 saturated heterocycles. The predicted octanol–water partition coefficient (Wildman–Crippen LogP) is -0.992. The summed E-state index contributed by atoms with van der Waals surface area (Å²) in [6.07, 6.45) is 0. The number of carbonyl (C=O) groups excluding carboxylic acids is 3. The quantitative estimate of drug-likeness (QED) is 0.506. The summed E-state index contributed by atoms with van der Waals surface area (Å²) in [6, 6.07) is 4.89. The first-order valence-electron chi connectivity index (χ1n) is 5.41. The lowest BCUT2D eigenvalue weighted by atomic mass is 10.1. The van der Waals surface area contributed by atoms with Crippen LogP contribution in [0.2, 0.25) is 0 Å². The summed E-state index contributed by atoms with van der Waals surface area (Å²) >= 11 is 0. The molecule has 1 aromatic carbocycles. The maximum absolute atomic E-state index is 12.1. The third kappa shape index (κ3) is 4.05. The molecule has 0 unspecified atom stereocenters. The Balaban J connectivity index is 3.04. The van der Waals surface area contributed by atoms with E-state index in [4.69, 9.17) is 11.5 Å². The first kappa shape index (κ1) is 15.1. The van der Waals surface area contributed by atoms with Crippen molar-refractivity contribution in [1.82, 2.24) is 4.90 Å². The average Bonchev–Trinajstić information content (AvgIpc) is 2.36. The van der Waals surface area contributed by atoms with Crippen molar-refractivity contribution in [3.63, 3.8) is 0 Å². The second-order valence-corrected chi connectivity index (χ2v) is 3.90. The van der Waals surface area contributed by atoms with Crippen molar-refractivity contribution in [3.8, 4) is 0 Å². The van der Waals surface area contributed by atoms with Gasteiger partial charge in [-0.15, -0.1) is 0 Å². The highest BCUT2D eigenvalue weighted by Gasteiger charge is 2.21. The molecular formula is C11H12N4O5. The Morgan fingerprint density at radius 1 is 1.15 bits per heavy atom. The lowest BCUT2D eigenvalue weighted by Gasteiger charge is -2.19. The van der Waals surface area contributed by atoms with Crippen LogP contribution in [0.1, 0.15) is 10.4 Å². The zero-order valence-corrected chi connectivity index (χ0v) is 10.3. The molecule has 0 radical (unpaired) electrons. The van der Waals surface area contributed by atoms with Crippen molar-refractivity contribution in [3.05, 3.63) is 39.9 Å². The molecule has 0 aromatic heterocycles. The van der Waals surface area contributed by atoms with Crippen LogP contribution in [0.15, 0.2) is 24.3 Å². The lowest BCUT2D eigenvalue weighted by Crippen LogP contribution is -2.43. The fourth-order valence-electron chi connectivity index (χ4n) is 1.51. The summed E-state index contributed by atoms with van der Waals surface area (Å²) in [4.78, 5) is 44.6.